The van der Waals surface area contributed by atoms with Crippen molar-refractivity contribution in [2.24, 2.45) is 5.92 Å². The first kappa shape index (κ1) is 37.3. The number of H-pyrrole nitrogens is 2. The summed E-state index contributed by atoms with van der Waals surface area (Å²) in [6, 6.07) is 12.1. The number of hydrogen-bond donors (Lipinski definition) is 4. The van der Waals surface area contributed by atoms with Gasteiger partial charge >= 0.3 is 12.2 Å². The zero-order valence-electron chi connectivity index (χ0n) is 30.9. The van der Waals surface area contributed by atoms with Gasteiger partial charge < -0.3 is 39.9 Å². The molecule has 0 saturated carbocycles. The SMILES string of the molecule is COC(=O)NCC(=O)N1CCC[C@H]1c1nc2c(F)cc(-c3ccc(-c4cc(F)c5nc([C@@H]6CCCN6C(=O)C(NC(=O)OC)C(C)C)[nH]c5c4)cc3)cc2[nH]1. The van der Waals surface area contributed by atoms with Crippen molar-refractivity contribution in [1.82, 2.24) is 40.4 Å². The first-order valence-corrected chi connectivity index (χ1v) is 18.2. The molecule has 14 nitrogen and oxygen atoms in total. The molecule has 0 aliphatic carbocycles. The van der Waals surface area contributed by atoms with Gasteiger partial charge in [-0.15, -0.1) is 0 Å². The van der Waals surface area contributed by atoms with Crippen LogP contribution in [-0.4, -0.2) is 93.6 Å². The van der Waals surface area contributed by atoms with Crippen LogP contribution in [0, 0.1) is 17.6 Å². The van der Waals surface area contributed by atoms with Gasteiger partial charge in [0.2, 0.25) is 11.8 Å². The van der Waals surface area contributed by atoms with E-state index < -0.39 is 41.9 Å². The van der Waals surface area contributed by atoms with Gasteiger partial charge in [0.1, 0.15) is 35.3 Å². The third kappa shape index (κ3) is 7.40. The fourth-order valence-electron chi connectivity index (χ4n) is 7.56. The van der Waals surface area contributed by atoms with E-state index in [1.165, 1.54) is 26.4 Å². The van der Waals surface area contributed by atoms with E-state index in [1.54, 1.807) is 21.9 Å². The topological polar surface area (TPSA) is 175 Å². The molecule has 1 unspecified atom stereocenters. The van der Waals surface area contributed by atoms with E-state index in [4.69, 9.17) is 4.74 Å². The van der Waals surface area contributed by atoms with E-state index in [-0.39, 0.29) is 35.3 Å². The number of halogens is 2. The summed E-state index contributed by atoms with van der Waals surface area (Å²) in [5.74, 6) is -0.844. The summed E-state index contributed by atoms with van der Waals surface area (Å²) in [7, 11) is 2.46. The molecule has 0 bridgehead atoms. The van der Waals surface area contributed by atoms with E-state index in [1.807, 2.05) is 38.1 Å². The molecule has 0 spiro atoms. The number of aromatic nitrogens is 4. The van der Waals surface area contributed by atoms with Gasteiger partial charge in [-0.1, -0.05) is 38.1 Å². The van der Waals surface area contributed by atoms with Crippen molar-refractivity contribution in [1.29, 1.82) is 0 Å². The van der Waals surface area contributed by atoms with Gasteiger partial charge in [0.05, 0.1) is 37.3 Å². The molecule has 4 heterocycles. The maximum atomic E-state index is 15.6. The highest BCUT2D eigenvalue weighted by atomic mass is 19.1. The van der Waals surface area contributed by atoms with Crippen molar-refractivity contribution < 1.29 is 37.4 Å². The minimum Gasteiger partial charge on any atom is -0.453 e. The number of likely N-dealkylation sites (tertiary alicyclic amines) is 2. The first-order chi connectivity index (χ1) is 26.4. The summed E-state index contributed by atoms with van der Waals surface area (Å²) >= 11 is 0. The maximum absolute atomic E-state index is 15.6. The predicted octanol–water partition coefficient (Wildman–Crippen LogP) is 6.12. The third-order valence-electron chi connectivity index (χ3n) is 10.4. The number of rotatable bonds is 9. The number of nitrogens with one attached hydrogen (secondary N) is 4. The maximum Gasteiger partial charge on any atom is 0.407 e. The molecule has 288 valence electrons. The van der Waals surface area contributed by atoms with Gasteiger partial charge in [-0.05, 0) is 78.1 Å². The molecule has 3 atom stereocenters. The summed E-state index contributed by atoms with van der Waals surface area (Å²) in [4.78, 5) is 68.7. The summed E-state index contributed by atoms with van der Waals surface area (Å²) in [5, 5.41) is 5.04. The number of aromatic amines is 2. The molecule has 2 aliphatic heterocycles. The van der Waals surface area contributed by atoms with Gasteiger partial charge in [-0.25, -0.2) is 28.3 Å². The molecule has 4 amide bonds. The monoisotopic (exact) mass is 756 g/mol. The predicted molar refractivity (Wildman–Crippen MR) is 198 cm³/mol. The van der Waals surface area contributed by atoms with E-state index >= 15 is 8.78 Å². The lowest BCUT2D eigenvalue weighted by Crippen LogP contribution is -2.51. The molecule has 2 fully saturated rings. The lowest BCUT2D eigenvalue weighted by atomic mass is 9.99. The Balaban J connectivity index is 1.10. The fourth-order valence-corrected chi connectivity index (χ4v) is 7.56. The molecule has 2 saturated heterocycles. The Kier molecular flexibility index (Phi) is 10.4. The van der Waals surface area contributed by atoms with Crippen LogP contribution in [0.5, 0.6) is 0 Å². The fraction of sp³-hybridized carbons (Fsp3) is 0.385. The quantitative estimate of drug-likeness (QED) is 0.139. The van der Waals surface area contributed by atoms with Crippen molar-refractivity contribution >= 4 is 46.1 Å². The number of nitrogens with zero attached hydrogens (tertiary/aromatic N) is 4. The number of hydrogen-bond acceptors (Lipinski definition) is 8. The van der Waals surface area contributed by atoms with Gasteiger partial charge in [0.25, 0.3) is 0 Å². The van der Waals surface area contributed by atoms with E-state index in [2.05, 4.69) is 35.3 Å². The first-order valence-electron chi connectivity index (χ1n) is 18.2. The van der Waals surface area contributed by atoms with Gasteiger partial charge in [-0.2, -0.15) is 0 Å². The van der Waals surface area contributed by atoms with Gasteiger partial charge in [0.15, 0.2) is 11.6 Å². The summed E-state index contributed by atoms with van der Waals surface area (Å²) in [6.45, 7) is 4.42. The highest BCUT2D eigenvalue weighted by Gasteiger charge is 2.38. The standard InChI is InChI=1S/C39H42F2N8O6/c1-20(2)32(47-39(53)55-4)37(51)49-14-6-8-30(49)36-44-28-18-24(16-26(41)34(28)46-36)22-11-9-21(10-12-22)23-15-25(40)33-27(17-23)43-35(45-33)29-7-5-13-48(29)31(50)19-42-38(52)54-3/h9-12,15-18,20,29-30,32H,5-8,13-14,19H2,1-4H3,(H,42,52)(H,43,45)(H,44,46)(H,47,53)/t29-,30-,32?/m0/s1. The number of ether oxygens (including phenoxy) is 2. The Morgan fingerprint density at radius 1 is 0.764 bits per heavy atom. The normalized spacial score (nSPS) is 17.6. The number of amides is 4. The van der Waals surface area contributed by atoms with Crippen LogP contribution in [0.25, 0.3) is 44.3 Å². The number of imidazole rings is 2. The zero-order chi connectivity index (χ0) is 39.0. The third-order valence-corrected chi connectivity index (χ3v) is 10.4. The number of carbonyl (C=O) groups is 4. The van der Waals surface area contributed by atoms with E-state index in [0.717, 1.165) is 24.0 Å². The van der Waals surface area contributed by atoms with Crippen molar-refractivity contribution in [3.05, 3.63) is 71.8 Å². The average Bonchev–Trinajstić information content (AvgIpc) is 4.01. The van der Waals surface area contributed by atoms with Crippen LogP contribution in [-0.2, 0) is 19.1 Å². The molecule has 4 N–H and O–H groups in total. The largest absolute Gasteiger partial charge is 0.453 e. The second-order valence-electron chi connectivity index (χ2n) is 14.2. The number of carbonyl (C=O) groups excluding carboxylic acids is 4. The van der Waals surface area contributed by atoms with Crippen LogP contribution in [0.4, 0.5) is 18.4 Å². The Bertz CT molecular complexity index is 2270. The lowest BCUT2D eigenvalue weighted by Gasteiger charge is -2.29. The summed E-state index contributed by atoms with van der Waals surface area (Å²) in [5.41, 5.74) is 3.93. The number of benzene rings is 3. The van der Waals surface area contributed by atoms with Crippen molar-refractivity contribution in [2.45, 2.75) is 57.7 Å². The number of methoxy groups -OCH3 is 2. The van der Waals surface area contributed by atoms with Crippen LogP contribution in [0.2, 0.25) is 0 Å². The molecule has 55 heavy (non-hydrogen) atoms. The van der Waals surface area contributed by atoms with Crippen LogP contribution >= 0.6 is 0 Å². The Hall–Kier alpha value is -6.06. The smallest absolute Gasteiger partial charge is 0.407 e. The van der Waals surface area contributed by atoms with Gasteiger partial charge in [-0.3, -0.25) is 9.59 Å². The van der Waals surface area contributed by atoms with Crippen LogP contribution in [0.1, 0.15) is 63.3 Å². The molecule has 2 aromatic heterocycles. The van der Waals surface area contributed by atoms with Crippen LogP contribution in [0.15, 0.2) is 48.5 Å². The minimum absolute atomic E-state index is 0.160. The molecule has 3 aromatic carbocycles. The number of fused-ring (bicyclic) bond motifs is 2. The Morgan fingerprint density at radius 2 is 1.25 bits per heavy atom. The molecule has 0 radical (unpaired) electrons. The van der Waals surface area contributed by atoms with E-state index in [9.17, 15) is 19.2 Å². The van der Waals surface area contributed by atoms with Crippen molar-refractivity contribution in [3.8, 4) is 22.3 Å². The average molecular weight is 757 g/mol. The molecular weight excluding hydrogens is 714 g/mol. The second kappa shape index (κ2) is 15.4. The van der Waals surface area contributed by atoms with Crippen molar-refractivity contribution in [2.75, 3.05) is 33.9 Å². The van der Waals surface area contributed by atoms with Crippen molar-refractivity contribution in [3.63, 3.8) is 0 Å². The summed E-state index contributed by atoms with van der Waals surface area (Å²) in [6.07, 6.45) is 1.34. The van der Waals surface area contributed by atoms with E-state index in [0.29, 0.717) is 59.7 Å². The molecular formula is C39H42F2N8O6. The minimum atomic E-state index is -0.789. The highest BCUT2D eigenvalue weighted by Crippen LogP contribution is 2.36. The Labute approximate surface area is 315 Å². The number of alkyl carbamates (subject to hydrolysis) is 2. The van der Waals surface area contributed by atoms with Crippen LogP contribution < -0.4 is 10.6 Å². The lowest BCUT2D eigenvalue weighted by molar-refractivity contribution is -0.135. The second-order valence-corrected chi connectivity index (χ2v) is 14.2. The molecule has 2 aliphatic rings. The molecule has 5 aromatic rings. The Morgan fingerprint density at radius 3 is 1.75 bits per heavy atom. The summed E-state index contributed by atoms with van der Waals surface area (Å²) < 4.78 is 40.3. The zero-order valence-corrected chi connectivity index (χ0v) is 30.9. The van der Waals surface area contributed by atoms with Gasteiger partial charge in [0, 0.05) is 13.1 Å². The van der Waals surface area contributed by atoms with Crippen LogP contribution in [0.3, 0.4) is 0 Å². The highest BCUT2D eigenvalue weighted by molar-refractivity contribution is 5.88. The molecule has 16 heteroatoms. The molecule has 7 rings (SSSR count).